The second kappa shape index (κ2) is 11.8. The summed E-state index contributed by atoms with van der Waals surface area (Å²) in [7, 11) is -5.15. The Hall–Kier alpha value is -3.65. The second-order valence-electron chi connectivity index (χ2n) is 9.23. The standard InChI is InChI=1S/C27H31N3O8S2/c1-18-16-30(17-19(2)38-18)40(34,35)22-9-7-8-20(14-22)27(31)28-24-15-21(12-13-26(24)37-4)39(32,33)29-23-10-5-6-11-25(23)36-3/h5-15,18-19,29H,16-17H2,1-4H3,(H,28,31). The number of nitrogens with zero attached hydrogens (tertiary/aromatic N) is 1. The van der Waals surface area contributed by atoms with Gasteiger partial charge in [0.15, 0.2) is 0 Å². The van der Waals surface area contributed by atoms with Crippen LogP contribution in [0.5, 0.6) is 11.5 Å². The van der Waals surface area contributed by atoms with E-state index in [0.717, 1.165) is 0 Å². The molecule has 0 bridgehead atoms. The molecule has 0 aliphatic carbocycles. The van der Waals surface area contributed by atoms with Crippen LogP contribution in [-0.2, 0) is 24.8 Å². The zero-order valence-electron chi connectivity index (χ0n) is 22.4. The number of hydrogen-bond acceptors (Lipinski definition) is 8. The Kier molecular flexibility index (Phi) is 8.68. The van der Waals surface area contributed by atoms with Crippen LogP contribution in [0.15, 0.2) is 76.5 Å². The van der Waals surface area contributed by atoms with Gasteiger partial charge in [0.2, 0.25) is 10.0 Å². The van der Waals surface area contributed by atoms with Gasteiger partial charge in [-0.05, 0) is 62.4 Å². The van der Waals surface area contributed by atoms with Crippen LogP contribution in [0.1, 0.15) is 24.2 Å². The fraction of sp³-hybridized carbons (Fsp3) is 0.296. The fourth-order valence-corrected chi connectivity index (χ4v) is 7.09. The molecule has 0 spiro atoms. The van der Waals surface area contributed by atoms with Crippen LogP contribution < -0.4 is 19.5 Å². The van der Waals surface area contributed by atoms with Crippen molar-refractivity contribution in [3.8, 4) is 11.5 Å². The van der Waals surface area contributed by atoms with Crippen molar-refractivity contribution >= 4 is 37.3 Å². The number of para-hydroxylation sites is 2. The molecule has 2 N–H and O–H groups in total. The largest absolute Gasteiger partial charge is 0.495 e. The van der Waals surface area contributed by atoms with Crippen molar-refractivity contribution in [1.82, 2.24) is 4.31 Å². The van der Waals surface area contributed by atoms with Crippen molar-refractivity contribution in [1.29, 1.82) is 0 Å². The number of amides is 1. The highest BCUT2D eigenvalue weighted by Gasteiger charge is 2.32. The maximum Gasteiger partial charge on any atom is 0.262 e. The number of benzene rings is 3. The van der Waals surface area contributed by atoms with Gasteiger partial charge in [-0.3, -0.25) is 9.52 Å². The summed E-state index contributed by atoms with van der Waals surface area (Å²) >= 11 is 0. The Morgan fingerprint density at radius 2 is 1.48 bits per heavy atom. The molecule has 2 atom stereocenters. The molecule has 4 rings (SSSR count). The minimum Gasteiger partial charge on any atom is -0.495 e. The van der Waals surface area contributed by atoms with Crippen LogP contribution in [-0.4, -0.2) is 66.6 Å². The summed E-state index contributed by atoms with van der Waals surface area (Å²) in [5.41, 5.74) is 0.394. The first-order valence-electron chi connectivity index (χ1n) is 12.4. The number of hydrogen-bond donors (Lipinski definition) is 2. The van der Waals surface area contributed by atoms with Crippen molar-refractivity contribution in [2.45, 2.75) is 35.8 Å². The van der Waals surface area contributed by atoms with E-state index in [2.05, 4.69) is 10.0 Å². The molecule has 0 radical (unpaired) electrons. The summed E-state index contributed by atoms with van der Waals surface area (Å²) in [6.45, 7) is 4.00. The van der Waals surface area contributed by atoms with Crippen molar-refractivity contribution in [2.75, 3.05) is 37.3 Å². The average molecular weight is 590 g/mol. The van der Waals surface area contributed by atoms with E-state index in [4.69, 9.17) is 14.2 Å². The van der Waals surface area contributed by atoms with E-state index >= 15 is 0 Å². The Labute approximate surface area is 234 Å². The maximum atomic E-state index is 13.3. The van der Waals surface area contributed by atoms with Gasteiger partial charge < -0.3 is 19.5 Å². The van der Waals surface area contributed by atoms with Crippen LogP contribution >= 0.6 is 0 Å². The van der Waals surface area contributed by atoms with E-state index in [9.17, 15) is 21.6 Å². The molecule has 1 amide bonds. The Morgan fingerprint density at radius 1 is 0.825 bits per heavy atom. The van der Waals surface area contributed by atoms with Crippen LogP contribution in [0.3, 0.4) is 0 Å². The van der Waals surface area contributed by atoms with Gasteiger partial charge >= 0.3 is 0 Å². The SMILES string of the molecule is COc1ccc(S(=O)(=O)Nc2ccccc2OC)cc1NC(=O)c1cccc(S(=O)(=O)N2CC(C)OC(C)C2)c1. The third kappa shape index (κ3) is 6.39. The number of nitrogens with one attached hydrogen (secondary N) is 2. The number of ether oxygens (including phenoxy) is 3. The molecule has 1 aliphatic heterocycles. The molecule has 13 heteroatoms. The Bertz CT molecular complexity index is 1600. The van der Waals surface area contributed by atoms with Gasteiger partial charge in [-0.15, -0.1) is 0 Å². The zero-order chi connectivity index (χ0) is 29.1. The molecule has 11 nitrogen and oxygen atoms in total. The lowest BCUT2D eigenvalue weighted by atomic mass is 10.2. The molecule has 1 aliphatic rings. The molecule has 1 saturated heterocycles. The molecule has 2 unspecified atom stereocenters. The first kappa shape index (κ1) is 29.3. The highest BCUT2D eigenvalue weighted by atomic mass is 32.2. The van der Waals surface area contributed by atoms with Crippen molar-refractivity contribution < 1.29 is 35.8 Å². The van der Waals surface area contributed by atoms with Crippen LogP contribution in [0.2, 0.25) is 0 Å². The summed E-state index contributed by atoms with van der Waals surface area (Å²) < 4.78 is 72.8. The number of rotatable bonds is 9. The molecular weight excluding hydrogens is 558 g/mol. The van der Waals surface area contributed by atoms with Crippen LogP contribution in [0, 0.1) is 0 Å². The third-order valence-corrected chi connectivity index (χ3v) is 9.39. The Balaban J connectivity index is 1.59. The molecule has 3 aromatic carbocycles. The predicted octanol–water partition coefficient (Wildman–Crippen LogP) is 3.55. The van der Waals surface area contributed by atoms with Crippen molar-refractivity contribution in [2.24, 2.45) is 0 Å². The Morgan fingerprint density at radius 3 is 2.15 bits per heavy atom. The summed E-state index contributed by atoms with van der Waals surface area (Å²) in [5, 5.41) is 2.64. The number of carbonyl (C=O) groups excluding carboxylic acids is 1. The third-order valence-electron chi connectivity index (χ3n) is 6.20. The van der Waals surface area contributed by atoms with E-state index in [1.54, 1.807) is 38.1 Å². The highest BCUT2D eigenvalue weighted by Crippen LogP contribution is 2.31. The van der Waals surface area contributed by atoms with E-state index in [1.807, 2.05) is 0 Å². The van der Waals surface area contributed by atoms with Crippen LogP contribution in [0.4, 0.5) is 11.4 Å². The summed E-state index contributed by atoms with van der Waals surface area (Å²) in [6, 6.07) is 16.2. The number of methoxy groups -OCH3 is 2. The monoisotopic (exact) mass is 589 g/mol. The molecule has 0 saturated carbocycles. The van der Waals surface area contributed by atoms with Gasteiger partial charge in [-0.25, -0.2) is 16.8 Å². The molecule has 1 heterocycles. The molecule has 214 valence electrons. The van der Waals surface area contributed by atoms with Crippen LogP contribution in [0.25, 0.3) is 0 Å². The average Bonchev–Trinajstić information content (AvgIpc) is 2.92. The fourth-order valence-electron chi connectivity index (χ4n) is 4.35. The number of morpholine rings is 1. The summed E-state index contributed by atoms with van der Waals surface area (Å²) in [6.07, 6.45) is -0.531. The molecule has 3 aromatic rings. The number of anilines is 2. The van der Waals surface area contributed by atoms with Gasteiger partial charge in [-0.1, -0.05) is 18.2 Å². The molecule has 0 aromatic heterocycles. The summed E-state index contributed by atoms with van der Waals surface area (Å²) in [5.74, 6) is -0.0973. The minimum absolute atomic E-state index is 0.0363. The van der Waals surface area contributed by atoms with Gasteiger partial charge in [0.25, 0.3) is 15.9 Å². The van der Waals surface area contributed by atoms with Gasteiger partial charge in [-0.2, -0.15) is 4.31 Å². The minimum atomic E-state index is -4.07. The van der Waals surface area contributed by atoms with E-state index in [0.29, 0.717) is 5.75 Å². The predicted molar refractivity (Wildman–Crippen MR) is 150 cm³/mol. The summed E-state index contributed by atoms with van der Waals surface area (Å²) in [4.78, 5) is 13.0. The highest BCUT2D eigenvalue weighted by molar-refractivity contribution is 7.92. The first-order valence-corrected chi connectivity index (χ1v) is 15.3. The lowest BCUT2D eigenvalue weighted by molar-refractivity contribution is -0.0440. The smallest absolute Gasteiger partial charge is 0.262 e. The lowest BCUT2D eigenvalue weighted by Crippen LogP contribution is -2.48. The first-order chi connectivity index (χ1) is 18.9. The molecule has 40 heavy (non-hydrogen) atoms. The lowest BCUT2D eigenvalue weighted by Gasteiger charge is -2.34. The normalized spacial score (nSPS) is 18.1. The second-order valence-corrected chi connectivity index (χ2v) is 12.8. The quantitative estimate of drug-likeness (QED) is 0.386. The molecular formula is C27H31N3O8S2. The van der Waals surface area contributed by atoms with E-state index in [1.165, 1.54) is 61.0 Å². The maximum absolute atomic E-state index is 13.3. The zero-order valence-corrected chi connectivity index (χ0v) is 24.1. The van der Waals surface area contributed by atoms with E-state index in [-0.39, 0.29) is 57.8 Å². The van der Waals surface area contributed by atoms with Gasteiger partial charge in [0.05, 0.1) is 47.6 Å². The van der Waals surface area contributed by atoms with E-state index < -0.39 is 26.0 Å². The van der Waals surface area contributed by atoms with Crippen molar-refractivity contribution in [3.05, 3.63) is 72.3 Å². The topological polar surface area (TPSA) is 140 Å². The van der Waals surface area contributed by atoms with Gasteiger partial charge in [0.1, 0.15) is 11.5 Å². The number of sulfonamides is 2. The molecule has 1 fully saturated rings. The number of carbonyl (C=O) groups is 1. The van der Waals surface area contributed by atoms with Gasteiger partial charge in [0, 0.05) is 18.7 Å². The van der Waals surface area contributed by atoms with Crippen molar-refractivity contribution in [3.63, 3.8) is 0 Å².